The normalized spacial score (nSPS) is 10.2. The van der Waals surface area contributed by atoms with E-state index >= 15 is 0 Å². The molecule has 3 nitrogen and oxygen atoms in total. The summed E-state index contributed by atoms with van der Waals surface area (Å²) in [5.41, 5.74) is 9.69. The minimum absolute atomic E-state index is 0.704. The van der Waals surface area contributed by atoms with Crippen LogP contribution in [0.5, 0.6) is 0 Å². The number of hydrogen-bond donors (Lipinski definition) is 2. The Labute approximate surface area is 109 Å². The highest BCUT2D eigenvalue weighted by Crippen LogP contribution is 2.25. The molecular weight excluding hydrogens is 278 g/mol. The maximum Gasteiger partial charge on any atom is 0.0623 e. The van der Waals surface area contributed by atoms with Crippen LogP contribution in [-0.4, -0.2) is 4.98 Å². The molecule has 1 aromatic heterocycles. The summed E-state index contributed by atoms with van der Waals surface area (Å²) in [6.45, 7) is 2.76. The molecule has 0 aliphatic rings. The lowest BCUT2D eigenvalue weighted by atomic mass is 10.2. The van der Waals surface area contributed by atoms with E-state index in [2.05, 4.69) is 39.2 Å². The van der Waals surface area contributed by atoms with Crippen LogP contribution in [0.4, 0.5) is 11.4 Å². The zero-order valence-electron chi connectivity index (χ0n) is 9.57. The van der Waals surface area contributed by atoms with Gasteiger partial charge in [-0.15, -0.1) is 0 Å². The van der Waals surface area contributed by atoms with E-state index in [-0.39, 0.29) is 0 Å². The number of nitrogen functional groups attached to an aromatic ring is 1. The third kappa shape index (κ3) is 2.97. The number of rotatable bonds is 3. The van der Waals surface area contributed by atoms with E-state index in [1.165, 1.54) is 5.56 Å². The van der Waals surface area contributed by atoms with Crippen molar-refractivity contribution in [2.24, 2.45) is 0 Å². The predicted octanol–water partition coefficient (Wildman–Crippen LogP) is 3.35. The quantitative estimate of drug-likeness (QED) is 0.853. The standard InChI is InChI=1S/C13H14BrN3/c1-9-3-2-6-16-13(9)8-17-12-5-4-10(15)7-11(12)14/h2-7,17H,8,15H2,1H3. The number of halogens is 1. The van der Waals surface area contributed by atoms with Crippen LogP contribution >= 0.6 is 15.9 Å². The molecule has 0 atom stereocenters. The van der Waals surface area contributed by atoms with Crippen LogP contribution < -0.4 is 11.1 Å². The lowest BCUT2D eigenvalue weighted by Crippen LogP contribution is -2.04. The summed E-state index contributed by atoms with van der Waals surface area (Å²) in [4.78, 5) is 4.34. The molecule has 0 spiro atoms. The lowest BCUT2D eigenvalue weighted by Gasteiger charge is -2.10. The predicted molar refractivity (Wildman–Crippen MR) is 74.9 cm³/mol. The van der Waals surface area contributed by atoms with Gasteiger partial charge in [-0.1, -0.05) is 6.07 Å². The number of hydrogen-bond acceptors (Lipinski definition) is 3. The average Bonchev–Trinajstić information content (AvgIpc) is 2.30. The molecule has 17 heavy (non-hydrogen) atoms. The number of aromatic nitrogens is 1. The number of nitrogens with zero attached hydrogens (tertiary/aromatic N) is 1. The maximum atomic E-state index is 5.69. The summed E-state index contributed by atoms with van der Waals surface area (Å²) in [6, 6.07) is 9.71. The van der Waals surface area contributed by atoms with Gasteiger partial charge in [-0.3, -0.25) is 4.98 Å². The van der Waals surface area contributed by atoms with Gasteiger partial charge in [0.05, 0.1) is 12.2 Å². The fourth-order valence-electron chi connectivity index (χ4n) is 1.56. The van der Waals surface area contributed by atoms with Crippen molar-refractivity contribution in [2.75, 3.05) is 11.1 Å². The number of nitrogens with two attached hydrogens (primary N) is 1. The molecule has 0 saturated carbocycles. The SMILES string of the molecule is Cc1cccnc1CNc1ccc(N)cc1Br. The Kier molecular flexibility index (Phi) is 3.64. The van der Waals surface area contributed by atoms with Gasteiger partial charge in [0.25, 0.3) is 0 Å². The second-order valence-corrected chi connectivity index (χ2v) is 4.71. The first-order valence-electron chi connectivity index (χ1n) is 5.36. The van der Waals surface area contributed by atoms with E-state index in [1.54, 1.807) is 0 Å². The second kappa shape index (κ2) is 5.19. The van der Waals surface area contributed by atoms with E-state index in [9.17, 15) is 0 Å². The van der Waals surface area contributed by atoms with Gasteiger partial charge >= 0.3 is 0 Å². The van der Waals surface area contributed by atoms with E-state index in [4.69, 9.17) is 5.73 Å². The summed E-state index contributed by atoms with van der Waals surface area (Å²) < 4.78 is 0.964. The Morgan fingerprint density at radius 1 is 1.35 bits per heavy atom. The summed E-state index contributed by atoms with van der Waals surface area (Å²) in [5.74, 6) is 0. The topological polar surface area (TPSA) is 50.9 Å². The van der Waals surface area contributed by atoms with E-state index in [0.717, 1.165) is 21.5 Å². The van der Waals surface area contributed by atoms with Crippen molar-refractivity contribution in [1.82, 2.24) is 4.98 Å². The molecule has 0 bridgehead atoms. The number of anilines is 2. The van der Waals surface area contributed by atoms with Crippen molar-refractivity contribution in [2.45, 2.75) is 13.5 Å². The van der Waals surface area contributed by atoms with E-state index in [0.29, 0.717) is 6.54 Å². The summed E-state index contributed by atoms with van der Waals surface area (Å²) >= 11 is 3.48. The van der Waals surface area contributed by atoms with Crippen molar-refractivity contribution in [3.8, 4) is 0 Å². The largest absolute Gasteiger partial charge is 0.399 e. The Morgan fingerprint density at radius 3 is 2.88 bits per heavy atom. The third-order valence-corrected chi connectivity index (χ3v) is 3.21. The number of nitrogens with one attached hydrogen (secondary N) is 1. The smallest absolute Gasteiger partial charge is 0.0623 e. The van der Waals surface area contributed by atoms with Crippen molar-refractivity contribution >= 4 is 27.3 Å². The van der Waals surface area contributed by atoms with Gasteiger partial charge in [-0.25, -0.2) is 0 Å². The molecule has 88 valence electrons. The van der Waals surface area contributed by atoms with Gasteiger partial charge in [0, 0.05) is 22.0 Å². The highest BCUT2D eigenvalue weighted by molar-refractivity contribution is 9.10. The molecule has 3 N–H and O–H groups in total. The first-order valence-corrected chi connectivity index (χ1v) is 6.15. The van der Waals surface area contributed by atoms with Crippen molar-refractivity contribution in [3.63, 3.8) is 0 Å². The molecule has 0 aliphatic carbocycles. The molecule has 2 rings (SSSR count). The third-order valence-electron chi connectivity index (χ3n) is 2.56. The van der Waals surface area contributed by atoms with E-state index in [1.807, 2.05) is 30.5 Å². The van der Waals surface area contributed by atoms with Crippen LogP contribution in [0.2, 0.25) is 0 Å². The molecule has 0 radical (unpaired) electrons. The van der Waals surface area contributed by atoms with Crippen LogP contribution in [0.3, 0.4) is 0 Å². The van der Waals surface area contributed by atoms with Crippen LogP contribution in [0.1, 0.15) is 11.3 Å². The number of pyridine rings is 1. The molecule has 4 heteroatoms. The molecule has 0 amide bonds. The summed E-state index contributed by atoms with van der Waals surface area (Å²) in [7, 11) is 0. The molecule has 0 unspecified atom stereocenters. The van der Waals surface area contributed by atoms with Crippen molar-refractivity contribution < 1.29 is 0 Å². The van der Waals surface area contributed by atoms with Crippen LogP contribution in [0, 0.1) is 6.92 Å². The Balaban J connectivity index is 2.10. The minimum Gasteiger partial charge on any atom is -0.399 e. The molecule has 0 fully saturated rings. The zero-order chi connectivity index (χ0) is 12.3. The van der Waals surface area contributed by atoms with Gasteiger partial charge in [0.15, 0.2) is 0 Å². The minimum atomic E-state index is 0.704. The fraction of sp³-hybridized carbons (Fsp3) is 0.154. The molecule has 1 aromatic carbocycles. The number of benzene rings is 1. The monoisotopic (exact) mass is 291 g/mol. The molecule has 0 aliphatic heterocycles. The van der Waals surface area contributed by atoms with Crippen LogP contribution in [0.25, 0.3) is 0 Å². The summed E-state index contributed by atoms with van der Waals surface area (Å²) in [6.07, 6.45) is 1.81. The first-order chi connectivity index (χ1) is 8.16. The first kappa shape index (κ1) is 11.9. The highest BCUT2D eigenvalue weighted by Gasteiger charge is 2.02. The highest BCUT2D eigenvalue weighted by atomic mass is 79.9. The van der Waals surface area contributed by atoms with Crippen LogP contribution in [-0.2, 0) is 6.54 Å². The fourth-order valence-corrected chi connectivity index (χ4v) is 2.09. The van der Waals surface area contributed by atoms with Crippen molar-refractivity contribution in [3.05, 3.63) is 52.3 Å². The second-order valence-electron chi connectivity index (χ2n) is 3.86. The lowest BCUT2D eigenvalue weighted by molar-refractivity contribution is 1.02. The van der Waals surface area contributed by atoms with E-state index < -0.39 is 0 Å². The Hall–Kier alpha value is -1.55. The Bertz CT molecular complexity index is 526. The molecular formula is C13H14BrN3. The Morgan fingerprint density at radius 2 is 2.18 bits per heavy atom. The molecule has 0 saturated heterocycles. The van der Waals surface area contributed by atoms with Crippen molar-refractivity contribution in [1.29, 1.82) is 0 Å². The maximum absolute atomic E-state index is 5.69. The van der Waals surface area contributed by atoms with Gasteiger partial charge in [0.2, 0.25) is 0 Å². The van der Waals surface area contributed by atoms with Gasteiger partial charge in [-0.05, 0) is 52.7 Å². The van der Waals surface area contributed by atoms with Gasteiger partial charge < -0.3 is 11.1 Å². The van der Waals surface area contributed by atoms with Crippen LogP contribution in [0.15, 0.2) is 41.0 Å². The number of aryl methyl sites for hydroxylation is 1. The zero-order valence-corrected chi connectivity index (χ0v) is 11.2. The van der Waals surface area contributed by atoms with Gasteiger partial charge in [0.1, 0.15) is 0 Å². The molecule has 2 aromatic rings. The average molecular weight is 292 g/mol. The summed E-state index contributed by atoms with van der Waals surface area (Å²) in [5, 5.41) is 3.33. The van der Waals surface area contributed by atoms with Gasteiger partial charge in [-0.2, -0.15) is 0 Å². The molecule has 1 heterocycles.